The molecule has 0 fully saturated rings. The van der Waals surface area contributed by atoms with E-state index in [1.54, 1.807) is 13.0 Å². The van der Waals surface area contributed by atoms with Crippen molar-refractivity contribution in [3.8, 4) is 45.1 Å². The van der Waals surface area contributed by atoms with Crippen molar-refractivity contribution in [3.63, 3.8) is 0 Å². The molecule has 0 amide bonds. The first-order valence-corrected chi connectivity index (χ1v) is 27.9. The zero-order valence-electron chi connectivity index (χ0n) is 50.3. The van der Waals surface area contributed by atoms with Gasteiger partial charge in [-0.05, 0) is 88.6 Å². The number of pyridine rings is 1. The van der Waals surface area contributed by atoms with Crippen LogP contribution < -0.4 is 14.0 Å². The Bertz CT molecular complexity index is 4230. The molecule has 0 aliphatic rings. The zero-order chi connectivity index (χ0) is 66.9. The molecule has 91 heavy (non-hydrogen) atoms. The first kappa shape index (κ1) is 68.8. The average molecular weight is 1290 g/mol. The molecule has 0 saturated heterocycles. The number of para-hydroxylation sites is 4. The highest BCUT2D eigenvalue weighted by atomic mass is 35.5. The molecule has 0 bridgehead atoms. The second-order valence-electron chi connectivity index (χ2n) is 20.7. The number of nitrogens with zero attached hydrogens (tertiary/aromatic N) is 9. The Labute approximate surface area is 520 Å². The lowest BCUT2D eigenvalue weighted by molar-refractivity contribution is -0.744. The predicted molar refractivity (Wildman–Crippen MR) is 318 cm³/mol. The number of Topliss-reactive ketones (excluding diaryl/α,β-unsaturated/α-hetero) is 1. The van der Waals surface area contributed by atoms with Crippen molar-refractivity contribution in [3.05, 3.63) is 268 Å². The van der Waals surface area contributed by atoms with Crippen molar-refractivity contribution in [2.24, 2.45) is 21.1 Å². The number of alkyl halides is 8. The monoisotopic (exact) mass is 1290 g/mol. The fourth-order valence-corrected chi connectivity index (χ4v) is 9.54. The van der Waals surface area contributed by atoms with Gasteiger partial charge in [-0.15, -0.1) is 18.7 Å². The van der Waals surface area contributed by atoms with Gasteiger partial charge in [-0.1, -0.05) is 125 Å². The predicted octanol–water partition coefficient (Wildman–Crippen LogP) is 16.3. The van der Waals surface area contributed by atoms with E-state index in [1.807, 2.05) is 118 Å². The first-order chi connectivity index (χ1) is 42.8. The second-order valence-corrected chi connectivity index (χ2v) is 21.2. The summed E-state index contributed by atoms with van der Waals surface area (Å²) in [4.78, 5) is 15.5. The Morgan fingerprint density at radius 1 is 0.582 bits per heavy atom. The van der Waals surface area contributed by atoms with Gasteiger partial charge in [0.1, 0.15) is 39.6 Å². The van der Waals surface area contributed by atoms with Crippen LogP contribution in [0.3, 0.4) is 0 Å². The van der Waals surface area contributed by atoms with Crippen LogP contribution in [0.4, 0.5) is 57.1 Å². The van der Waals surface area contributed by atoms with Crippen molar-refractivity contribution in [1.29, 1.82) is 0 Å². The van der Waals surface area contributed by atoms with Crippen LogP contribution in [0.25, 0.3) is 45.1 Å². The summed E-state index contributed by atoms with van der Waals surface area (Å²) < 4.78 is 183. The minimum Gasteiger partial charge on any atom is -0.294 e. The Morgan fingerprint density at radius 2 is 1.10 bits per heavy atom. The number of carbonyl (C=O) groups excluding carboxylic acids is 1. The number of hydrogen-bond donors (Lipinski definition) is 0. The molecular weight excluding hydrogens is 1230 g/mol. The normalized spacial score (nSPS) is 11.3. The van der Waals surface area contributed by atoms with E-state index in [4.69, 9.17) is 11.6 Å². The maximum atomic E-state index is 14.0. The van der Waals surface area contributed by atoms with Crippen LogP contribution in [0.2, 0.25) is 5.02 Å². The van der Waals surface area contributed by atoms with Gasteiger partial charge < -0.3 is 0 Å². The van der Waals surface area contributed by atoms with E-state index in [-0.39, 0.29) is 32.8 Å². The molecule has 11 aromatic rings. The van der Waals surface area contributed by atoms with Gasteiger partial charge in [0.25, 0.3) is 0 Å². The van der Waals surface area contributed by atoms with Crippen LogP contribution in [0.15, 0.2) is 189 Å². The van der Waals surface area contributed by atoms with E-state index in [1.165, 1.54) is 65.5 Å². The maximum Gasteiger partial charge on any atom is 0.422 e. The molecule has 5 aromatic heterocycles. The van der Waals surface area contributed by atoms with Crippen LogP contribution in [-0.4, -0.2) is 40.8 Å². The molecule has 0 radical (unpaired) electrons. The lowest BCUT2D eigenvalue weighted by Crippen LogP contribution is -2.39. The summed E-state index contributed by atoms with van der Waals surface area (Å²) in [6, 6.07) is 45.3. The van der Waals surface area contributed by atoms with Gasteiger partial charge in [0, 0.05) is 40.6 Å². The van der Waals surface area contributed by atoms with E-state index in [0.29, 0.717) is 5.69 Å². The SMILES string of the molecule is CC(=O)c1cn(-c2ccccc2C)[n+](C)c1.Cc1c(F)c(F)c(F)c(F)c1-c1ccc(-c2ccccc2)nc1.Cc1ccccc1-[n+]1ccc(C)n1C.Cc1ccccc1-n1cc(Cl)c[n+]1C.Fc1c(C(F)(F)F)c(C(F)(F)CC(F)(F)F)nn1-c1ccccc1. The van der Waals surface area contributed by atoms with Crippen LogP contribution in [0, 0.1) is 63.8 Å². The van der Waals surface area contributed by atoms with Gasteiger partial charge in [0.2, 0.25) is 30.2 Å². The molecule has 0 aliphatic heterocycles. The minimum absolute atomic E-state index is 0.0861. The summed E-state index contributed by atoms with van der Waals surface area (Å²) in [5, 5.41) is 3.52. The summed E-state index contributed by atoms with van der Waals surface area (Å²) in [5.74, 6) is -13.6. The number of halogens is 14. The number of aryl methyl sites for hydroxylation is 6. The van der Waals surface area contributed by atoms with Crippen molar-refractivity contribution in [2.75, 3.05) is 0 Å². The maximum absolute atomic E-state index is 14.0. The quantitative estimate of drug-likeness (QED) is 0.0475. The molecule has 5 heterocycles. The van der Waals surface area contributed by atoms with E-state index in [9.17, 15) is 61.9 Å². The standard InChI is InChI=1S/C18H11F4N.C13H7F9N2.C13H15N2O.C12H15N2.C11H12ClN2/c1-10-14(16(20)18(22)17(21)15(10)19)12-7-8-13(23-9-12)11-5-3-2-4-6-11;14-10-8(13(20,21)22)9(11(15,16)6-12(17,18)19)23-24(10)7-4-2-1-3-5-7;1-10-6-4-5-7-13(10)15-9-12(11(2)16)8-14(15)3;1-10-6-4-5-7-12(10)14-9-8-11(2)13(14)3;1-9-5-3-4-6-11(9)14-8-10(12)7-13(14)2/h2-9H,1H3;1-5H,6H2;4-9H,1-3H3;4-9H,1-3H3;3-8H,1-2H3/q;;3*+1. The summed E-state index contributed by atoms with van der Waals surface area (Å²) >= 11 is 5.93. The van der Waals surface area contributed by atoms with Gasteiger partial charge >= 0.3 is 18.3 Å². The molecule has 11 rings (SSSR count). The third-order valence-corrected chi connectivity index (χ3v) is 14.3. The lowest BCUT2D eigenvalue weighted by Gasteiger charge is -2.18. The van der Waals surface area contributed by atoms with Crippen LogP contribution in [0.5, 0.6) is 0 Å². The largest absolute Gasteiger partial charge is 0.422 e. The number of benzene rings is 6. The van der Waals surface area contributed by atoms with Gasteiger partial charge in [-0.3, -0.25) is 9.78 Å². The molecule has 6 aromatic carbocycles. The van der Waals surface area contributed by atoms with Crippen molar-refractivity contribution in [2.45, 2.75) is 66.2 Å². The van der Waals surface area contributed by atoms with E-state index in [2.05, 4.69) is 109 Å². The highest BCUT2D eigenvalue weighted by Crippen LogP contribution is 2.45. The van der Waals surface area contributed by atoms with E-state index < -0.39 is 65.2 Å². The number of aromatic nitrogens is 9. The highest BCUT2D eigenvalue weighted by Gasteiger charge is 2.54. The molecule has 0 spiro atoms. The summed E-state index contributed by atoms with van der Waals surface area (Å²) in [7, 11) is 5.97. The fourth-order valence-electron chi connectivity index (χ4n) is 9.31. The molecule has 0 N–H and O–H groups in total. The minimum atomic E-state index is -5.65. The zero-order valence-corrected chi connectivity index (χ0v) is 51.1. The van der Waals surface area contributed by atoms with Crippen molar-refractivity contribution in [1.82, 2.24) is 28.8 Å². The van der Waals surface area contributed by atoms with Crippen molar-refractivity contribution >= 4 is 17.4 Å². The number of hydrogen-bond acceptors (Lipinski definition) is 3. The van der Waals surface area contributed by atoms with Gasteiger partial charge in [0.05, 0.1) is 36.5 Å². The third-order valence-electron chi connectivity index (χ3n) is 14.1. The molecular formula is C67H60ClF13N9O+3. The summed E-state index contributed by atoms with van der Waals surface area (Å²) in [6.07, 6.45) is -3.12. The van der Waals surface area contributed by atoms with Crippen LogP contribution >= 0.6 is 11.6 Å². The van der Waals surface area contributed by atoms with Crippen molar-refractivity contribution < 1.29 is 75.9 Å². The average Bonchev–Trinajstić information content (AvgIpc) is 1.68. The van der Waals surface area contributed by atoms with E-state index >= 15 is 0 Å². The van der Waals surface area contributed by atoms with Crippen LogP contribution in [-0.2, 0) is 33.2 Å². The lowest BCUT2D eigenvalue weighted by atomic mass is 9.99. The van der Waals surface area contributed by atoms with Gasteiger partial charge in [-0.2, -0.15) is 49.3 Å². The topological polar surface area (TPSA) is 74.2 Å². The Balaban J connectivity index is 0.000000165. The van der Waals surface area contributed by atoms with Crippen LogP contribution in [0.1, 0.15) is 62.9 Å². The number of rotatable bonds is 9. The fraction of sp³-hybridized carbons (Fsp3) is 0.194. The van der Waals surface area contributed by atoms with Gasteiger partial charge in [0.15, 0.2) is 43.1 Å². The third kappa shape index (κ3) is 16.6. The van der Waals surface area contributed by atoms with Gasteiger partial charge in [-0.25, -0.2) is 22.2 Å². The first-order valence-electron chi connectivity index (χ1n) is 27.6. The molecule has 10 nitrogen and oxygen atoms in total. The molecule has 24 heteroatoms. The van der Waals surface area contributed by atoms with E-state index in [0.717, 1.165) is 39.7 Å². The highest BCUT2D eigenvalue weighted by molar-refractivity contribution is 6.30. The molecule has 0 saturated carbocycles. The Morgan fingerprint density at radius 3 is 1.57 bits per heavy atom. The molecule has 0 unspecified atom stereocenters. The molecule has 474 valence electrons. The summed E-state index contributed by atoms with van der Waals surface area (Å²) in [6.45, 7) is 11.2. The second kappa shape index (κ2) is 28.9. The Kier molecular flexibility index (Phi) is 21.9. The molecule has 0 aliphatic carbocycles. The number of ketones is 1. The smallest absolute Gasteiger partial charge is 0.294 e. The summed E-state index contributed by atoms with van der Waals surface area (Å²) in [5.41, 5.74) is 5.04. The molecule has 0 atom stereocenters. The number of carbonyl (C=O) groups is 1. The Hall–Kier alpha value is -9.64.